The molecule has 0 spiro atoms. The maximum Gasteiger partial charge on any atom is 0.113 e. The van der Waals surface area contributed by atoms with Gasteiger partial charge in [-0.05, 0) is 71.0 Å². The molecule has 9 rings (SSSR count). The van der Waals surface area contributed by atoms with E-state index in [2.05, 4.69) is 189 Å². The molecule has 9 fully saturated rings. The van der Waals surface area contributed by atoms with Crippen molar-refractivity contribution in [3.8, 4) is 0 Å². The molecule has 0 aromatic carbocycles. The monoisotopic (exact) mass is 1210 g/mol. The molecule has 8 N–H and O–H groups in total. The van der Waals surface area contributed by atoms with Crippen molar-refractivity contribution in [3.05, 3.63) is 0 Å². The Kier molecular flexibility index (Phi) is 16.8. The standard InChI is InChI=1S/C52H92Br4N8O4/c1-49(2,3)21-65-37-31-32(38(66-22-50(4,5)6)40(68-24-52(10,11)12)39(37)67-23-51(7,8)9)48-63-46-30-29(33(53)35(55)36(56)34(30)54)45(62-46)60-43-27-19-15-13-17-25(27)41(58-43)57-42-26-18-14-16-20-28(26)44(59-42)61-47(31)64-48/h25-48,57-64H,13-24H2,1-12H3. The molecule has 5 heterocycles. The third kappa shape index (κ3) is 11.7. The maximum absolute atomic E-state index is 7.49. The number of fused-ring (bicyclic) bond motifs is 20. The molecule has 392 valence electrons. The van der Waals surface area contributed by atoms with Crippen molar-refractivity contribution in [1.82, 2.24) is 42.5 Å². The van der Waals surface area contributed by atoms with Crippen LogP contribution in [0.5, 0.6) is 0 Å². The average Bonchev–Trinajstić information content (AvgIpc) is 3.99. The minimum absolute atomic E-state index is 0.0107. The number of rotatable bonds is 8. The second-order valence-corrected chi connectivity index (χ2v) is 32.0. The van der Waals surface area contributed by atoms with Gasteiger partial charge in [-0.1, -0.05) is 172 Å². The Hall–Kier alpha value is 1.44. The lowest BCUT2D eigenvalue weighted by Gasteiger charge is -2.52. The van der Waals surface area contributed by atoms with E-state index in [0.717, 1.165) is 0 Å². The van der Waals surface area contributed by atoms with Crippen LogP contribution in [0.15, 0.2) is 0 Å². The van der Waals surface area contributed by atoms with E-state index in [0.29, 0.717) is 50.1 Å². The summed E-state index contributed by atoms with van der Waals surface area (Å²) in [4.78, 5) is 0.897. The fraction of sp³-hybridized carbons (Fsp3) is 1.00. The van der Waals surface area contributed by atoms with Crippen molar-refractivity contribution in [2.75, 3.05) is 26.4 Å². The number of alkyl halides is 4. The molecule has 0 radical (unpaired) electrons. The highest BCUT2D eigenvalue weighted by atomic mass is 79.9. The van der Waals surface area contributed by atoms with Crippen LogP contribution >= 0.6 is 63.7 Å². The summed E-state index contributed by atoms with van der Waals surface area (Å²) in [5.74, 6) is 2.73. The van der Waals surface area contributed by atoms with Crippen LogP contribution in [0, 0.1) is 69.0 Å². The highest BCUT2D eigenvalue weighted by molar-refractivity contribution is 9.14. The van der Waals surface area contributed by atoms with E-state index in [-0.39, 0.29) is 138 Å². The highest BCUT2D eigenvalue weighted by Gasteiger charge is 2.65. The first-order chi connectivity index (χ1) is 31.9. The van der Waals surface area contributed by atoms with Gasteiger partial charge in [-0.3, -0.25) is 42.5 Å². The van der Waals surface area contributed by atoms with Crippen LogP contribution in [0.3, 0.4) is 0 Å². The smallest absolute Gasteiger partial charge is 0.113 e. The summed E-state index contributed by atoms with van der Waals surface area (Å²) in [6.45, 7) is 29.7. The first-order valence-electron chi connectivity index (χ1n) is 27.0. The number of halogens is 4. The summed E-state index contributed by atoms with van der Waals surface area (Å²) in [5, 5.41) is 34.7. The number of hydrogen-bond acceptors (Lipinski definition) is 12. The molecule has 24 atom stereocenters. The second-order valence-electron chi connectivity index (χ2n) is 27.8. The van der Waals surface area contributed by atoms with Crippen molar-refractivity contribution in [2.45, 2.75) is 228 Å². The Bertz CT molecular complexity index is 1700. The number of ether oxygens (including phenoxy) is 4. The molecule has 8 bridgehead atoms. The van der Waals surface area contributed by atoms with E-state index in [1.807, 2.05) is 0 Å². The maximum atomic E-state index is 7.49. The number of nitrogens with one attached hydrogen (secondary N) is 8. The van der Waals surface area contributed by atoms with Gasteiger partial charge in [0, 0.05) is 43.0 Å². The van der Waals surface area contributed by atoms with E-state index in [1.165, 1.54) is 51.4 Å². The fourth-order valence-corrected chi connectivity index (χ4v) is 18.3. The summed E-state index contributed by atoms with van der Waals surface area (Å²) in [6.07, 6.45) is 9.53. The highest BCUT2D eigenvalue weighted by Crippen LogP contribution is 2.52. The Morgan fingerprint density at radius 1 is 0.309 bits per heavy atom. The van der Waals surface area contributed by atoms with Gasteiger partial charge in [0.2, 0.25) is 0 Å². The topological polar surface area (TPSA) is 133 Å². The van der Waals surface area contributed by atoms with E-state index in [9.17, 15) is 0 Å². The molecule has 5 aliphatic heterocycles. The zero-order chi connectivity index (χ0) is 48.8. The van der Waals surface area contributed by atoms with Crippen molar-refractivity contribution >= 4 is 63.7 Å². The van der Waals surface area contributed by atoms with Gasteiger partial charge in [0.15, 0.2) is 0 Å². The van der Waals surface area contributed by atoms with Gasteiger partial charge in [-0.15, -0.1) is 0 Å². The minimum atomic E-state index is -0.361. The SMILES string of the molecule is CC(C)(C)COC1C(OCC(C)(C)C)C(OCC(C)(C)C)C2C3NC4NC(NC5NC(NC6NC(NC(N3)C2C1OCC(C)(C)C)C1CCCCC61)C1CCCCC51)C1C(Br)C(Br)C(Br)C(Br)C41. The molecule has 12 nitrogen and oxygen atoms in total. The third-order valence-corrected chi connectivity index (χ3v) is 23.7. The molecule has 4 saturated carbocycles. The van der Waals surface area contributed by atoms with Crippen LogP contribution in [0.2, 0.25) is 0 Å². The van der Waals surface area contributed by atoms with Crippen LogP contribution in [0.1, 0.15) is 134 Å². The summed E-state index contributed by atoms with van der Waals surface area (Å²) in [5.41, 5.74) is -0.244. The van der Waals surface area contributed by atoms with Gasteiger partial charge >= 0.3 is 0 Å². The van der Waals surface area contributed by atoms with E-state index >= 15 is 0 Å². The molecule has 24 unspecified atom stereocenters. The van der Waals surface area contributed by atoms with Crippen LogP contribution in [0.25, 0.3) is 0 Å². The largest absolute Gasteiger partial charge is 0.374 e. The van der Waals surface area contributed by atoms with Crippen LogP contribution < -0.4 is 42.5 Å². The van der Waals surface area contributed by atoms with Gasteiger partial charge in [-0.25, -0.2) is 0 Å². The molecular formula is C52H92Br4N8O4. The average molecular weight is 1210 g/mol. The molecule has 4 aliphatic carbocycles. The lowest BCUT2D eigenvalue weighted by molar-refractivity contribution is -0.252. The first kappa shape index (κ1) is 54.2. The predicted molar refractivity (Wildman–Crippen MR) is 288 cm³/mol. The van der Waals surface area contributed by atoms with Gasteiger partial charge in [0.1, 0.15) is 12.2 Å². The van der Waals surface area contributed by atoms with Crippen LogP contribution in [-0.2, 0) is 18.9 Å². The summed E-state index contributed by atoms with van der Waals surface area (Å²) >= 11 is 17.0. The third-order valence-electron chi connectivity index (χ3n) is 17.0. The Balaban J connectivity index is 1.18. The van der Waals surface area contributed by atoms with Crippen LogP contribution in [-0.4, -0.2) is 119 Å². The normalized spacial score (nSPS) is 48.7. The van der Waals surface area contributed by atoms with Crippen LogP contribution in [0.4, 0.5) is 0 Å². The van der Waals surface area contributed by atoms with E-state index in [1.54, 1.807) is 0 Å². The minimum Gasteiger partial charge on any atom is -0.374 e. The van der Waals surface area contributed by atoms with Gasteiger partial charge < -0.3 is 18.9 Å². The van der Waals surface area contributed by atoms with Crippen molar-refractivity contribution < 1.29 is 18.9 Å². The molecule has 0 aromatic rings. The van der Waals surface area contributed by atoms with E-state index < -0.39 is 0 Å². The zero-order valence-electron chi connectivity index (χ0n) is 43.5. The van der Waals surface area contributed by atoms with Crippen molar-refractivity contribution in [2.24, 2.45) is 69.0 Å². The van der Waals surface area contributed by atoms with Gasteiger partial charge in [0.25, 0.3) is 0 Å². The summed E-state index contributed by atoms with van der Waals surface area (Å²) in [6, 6.07) is 0. The second kappa shape index (κ2) is 21.1. The lowest BCUT2D eigenvalue weighted by Crippen LogP contribution is -2.67. The molecule has 5 saturated heterocycles. The first-order valence-corrected chi connectivity index (χ1v) is 30.6. The zero-order valence-corrected chi connectivity index (χ0v) is 49.8. The molecule has 0 amide bonds. The molecular weight excluding hydrogens is 1120 g/mol. The van der Waals surface area contributed by atoms with Gasteiger partial charge in [-0.2, -0.15) is 0 Å². The Labute approximate surface area is 445 Å². The summed E-state index contributed by atoms with van der Waals surface area (Å²) in [7, 11) is 0. The Morgan fingerprint density at radius 2 is 0.529 bits per heavy atom. The quantitative estimate of drug-likeness (QED) is 0.111. The Morgan fingerprint density at radius 3 is 0.794 bits per heavy atom. The fourth-order valence-electron chi connectivity index (χ4n) is 14.1. The molecule has 16 heteroatoms. The predicted octanol–water partition coefficient (Wildman–Crippen LogP) is 8.26. The molecule has 0 aromatic heterocycles. The number of hydrogen-bond donors (Lipinski definition) is 8. The molecule has 68 heavy (non-hydrogen) atoms. The molecule has 9 aliphatic rings. The van der Waals surface area contributed by atoms with Crippen molar-refractivity contribution in [3.63, 3.8) is 0 Å². The van der Waals surface area contributed by atoms with E-state index in [4.69, 9.17) is 18.9 Å². The summed E-state index contributed by atoms with van der Waals surface area (Å²) < 4.78 is 29.7. The lowest BCUT2D eigenvalue weighted by atomic mass is 9.71. The van der Waals surface area contributed by atoms with Gasteiger partial charge in [0.05, 0.1) is 88.0 Å². The van der Waals surface area contributed by atoms with Crippen molar-refractivity contribution in [1.29, 1.82) is 0 Å².